The molecule has 0 atom stereocenters. The molecule has 0 bridgehead atoms. The van der Waals surface area contributed by atoms with Crippen LogP contribution >= 0.6 is 11.6 Å². The van der Waals surface area contributed by atoms with Crippen LogP contribution in [-0.4, -0.2) is 54.9 Å². The van der Waals surface area contributed by atoms with E-state index in [2.05, 4.69) is 0 Å². The highest BCUT2D eigenvalue weighted by atomic mass is 35.5. The molecular formula is C21H23ClN2O3. The number of ether oxygens (including phenoxy) is 1. The van der Waals surface area contributed by atoms with Crippen LogP contribution in [0, 0.1) is 0 Å². The molecule has 2 amide bonds. The summed E-state index contributed by atoms with van der Waals surface area (Å²) in [5.74, 6) is 0.543. The molecule has 1 aliphatic heterocycles. The first kappa shape index (κ1) is 19.2. The van der Waals surface area contributed by atoms with E-state index >= 15 is 0 Å². The third-order valence-electron chi connectivity index (χ3n) is 4.77. The lowest BCUT2D eigenvalue weighted by Crippen LogP contribution is -2.38. The number of amides is 2. The number of halogens is 1. The van der Waals surface area contributed by atoms with E-state index in [0.29, 0.717) is 42.5 Å². The van der Waals surface area contributed by atoms with Gasteiger partial charge in [0.05, 0.1) is 19.1 Å². The third kappa shape index (κ3) is 4.61. The largest absolute Gasteiger partial charge is 0.496 e. The fraction of sp³-hybridized carbons (Fsp3) is 0.333. The Morgan fingerprint density at radius 3 is 2.41 bits per heavy atom. The van der Waals surface area contributed by atoms with Crippen LogP contribution in [0.25, 0.3) is 0 Å². The predicted molar refractivity (Wildman–Crippen MR) is 105 cm³/mol. The fourth-order valence-corrected chi connectivity index (χ4v) is 3.48. The second kappa shape index (κ2) is 8.91. The maximum Gasteiger partial charge on any atom is 0.257 e. The molecule has 2 aromatic carbocycles. The summed E-state index contributed by atoms with van der Waals surface area (Å²) in [5, 5.41) is 0.605. The number of carbonyl (C=O) groups excluding carboxylic acids is 2. The molecule has 5 nitrogen and oxygen atoms in total. The average molecular weight is 387 g/mol. The number of para-hydroxylation sites is 1. The summed E-state index contributed by atoms with van der Waals surface area (Å²) in [6, 6.07) is 14.6. The Morgan fingerprint density at radius 1 is 0.963 bits per heavy atom. The van der Waals surface area contributed by atoms with Crippen LogP contribution < -0.4 is 4.74 Å². The summed E-state index contributed by atoms with van der Waals surface area (Å²) in [6.45, 7) is 2.28. The van der Waals surface area contributed by atoms with E-state index in [0.717, 1.165) is 12.0 Å². The molecule has 1 fully saturated rings. The van der Waals surface area contributed by atoms with Crippen LogP contribution in [-0.2, 0) is 11.2 Å². The first-order valence-corrected chi connectivity index (χ1v) is 9.41. The van der Waals surface area contributed by atoms with Crippen LogP contribution in [0.3, 0.4) is 0 Å². The van der Waals surface area contributed by atoms with Crippen LogP contribution in [0.4, 0.5) is 0 Å². The summed E-state index contributed by atoms with van der Waals surface area (Å²) in [5.41, 5.74) is 1.38. The van der Waals surface area contributed by atoms with Gasteiger partial charge in [-0.2, -0.15) is 0 Å². The molecule has 1 aliphatic rings. The van der Waals surface area contributed by atoms with E-state index in [1.165, 1.54) is 0 Å². The molecule has 1 heterocycles. The topological polar surface area (TPSA) is 49.9 Å². The lowest BCUT2D eigenvalue weighted by atomic mass is 10.1. The molecule has 1 saturated heterocycles. The van der Waals surface area contributed by atoms with Gasteiger partial charge in [0.2, 0.25) is 5.91 Å². The van der Waals surface area contributed by atoms with Crippen molar-refractivity contribution in [3.63, 3.8) is 0 Å². The van der Waals surface area contributed by atoms with E-state index in [4.69, 9.17) is 16.3 Å². The number of benzene rings is 2. The minimum Gasteiger partial charge on any atom is -0.496 e. The Balaban J connectivity index is 1.64. The molecule has 27 heavy (non-hydrogen) atoms. The zero-order valence-electron chi connectivity index (χ0n) is 15.4. The van der Waals surface area contributed by atoms with Crippen molar-refractivity contribution in [1.82, 2.24) is 9.80 Å². The molecular weight excluding hydrogens is 364 g/mol. The molecule has 0 radical (unpaired) electrons. The van der Waals surface area contributed by atoms with Crippen molar-refractivity contribution in [1.29, 1.82) is 0 Å². The monoisotopic (exact) mass is 386 g/mol. The Hall–Kier alpha value is -2.53. The summed E-state index contributed by atoms with van der Waals surface area (Å²) in [7, 11) is 1.56. The summed E-state index contributed by atoms with van der Waals surface area (Å²) < 4.78 is 5.30. The standard InChI is InChI=1S/C21H23ClN2O3/c1-27-19-10-5-3-8-17(19)21(26)24-12-6-11-23(13-14-24)20(25)15-16-7-2-4-9-18(16)22/h2-5,7-10H,6,11-15H2,1H3. The van der Waals surface area contributed by atoms with Gasteiger partial charge in [-0.25, -0.2) is 0 Å². The van der Waals surface area contributed by atoms with Crippen molar-refractivity contribution in [3.8, 4) is 5.75 Å². The van der Waals surface area contributed by atoms with E-state index < -0.39 is 0 Å². The third-order valence-corrected chi connectivity index (χ3v) is 5.14. The quantitative estimate of drug-likeness (QED) is 0.810. The molecule has 0 N–H and O–H groups in total. The number of rotatable bonds is 4. The van der Waals surface area contributed by atoms with Gasteiger partial charge in [-0.1, -0.05) is 41.9 Å². The van der Waals surface area contributed by atoms with Crippen molar-refractivity contribution >= 4 is 23.4 Å². The molecule has 0 unspecified atom stereocenters. The van der Waals surface area contributed by atoms with E-state index in [-0.39, 0.29) is 18.2 Å². The van der Waals surface area contributed by atoms with Gasteiger partial charge in [-0.15, -0.1) is 0 Å². The van der Waals surface area contributed by atoms with Crippen molar-refractivity contribution in [2.45, 2.75) is 12.8 Å². The SMILES string of the molecule is COc1ccccc1C(=O)N1CCCN(C(=O)Cc2ccccc2Cl)CC1. The highest BCUT2D eigenvalue weighted by Gasteiger charge is 2.24. The van der Waals surface area contributed by atoms with Gasteiger partial charge in [0.25, 0.3) is 5.91 Å². The maximum atomic E-state index is 12.9. The lowest BCUT2D eigenvalue weighted by molar-refractivity contribution is -0.130. The van der Waals surface area contributed by atoms with Gasteiger partial charge >= 0.3 is 0 Å². The molecule has 0 aliphatic carbocycles. The second-order valence-corrected chi connectivity index (χ2v) is 6.90. The van der Waals surface area contributed by atoms with Gasteiger partial charge in [0.15, 0.2) is 0 Å². The number of carbonyl (C=O) groups is 2. The average Bonchev–Trinajstić information content (AvgIpc) is 2.95. The normalized spacial score (nSPS) is 14.6. The molecule has 6 heteroatoms. The number of hydrogen-bond acceptors (Lipinski definition) is 3. The molecule has 142 valence electrons. The summed E-state index contributed by atoms with van der Waals surface area (Å²) >= 11 is 6.17. The number of methoxy groups -OCH3 is 1. The highest BCUT2D eigenvalue weighted by Crippen LogP contribution is 2.21. The Labute approximate surface area is 164 Å². The van der Waals surface area contributed by atoms with Gasteiger partial charge in [-0.05, 0) is 30.2 Å². The Kier molecular flexibility index (Phi) is 6.35. The van der Waals surface area contributed by atoms with E-state index in [9.17, 15) is 9.59 Å². The highest BCUT2D eigenvalue weighted by molar-refractivity contribution is 6.31. The zero-order chi connectivity index (χ0) is 19.2. The number of hydrogen-bond donors (Lipinski definition) is 0. The Morgan fingerprint density at radius 2 is 1.63 bits per heavy atom. The molecule has 2 aromatic rings. The van der Waals surface area contributed by atoms with Crippen molar-refractivity contribution in [2.24, 2.45) is 0 Å². The van der Waals surface area contributed by atoms with Crippen molar-refractivity contribution < 1.29 is 14.3 Å². The van der Waals surface area contributed by atoms with Crippen molar-refractivity contribution in [3.05, 3.63) is 64.7 Å². The van der Waals surface area contributed by atoms with Crippen molar-refractivity contribution in [2.75, 3.05) is 33.3 Å². The van der Waals surface area contributed by atoms with Gasteiger partial charge in [-0.3, -0.25) is 9.59 Å². The predicted octanol–water partition coefficient (Wildman–Crippen LogP) is 3.27. The number of nitrogens with zero attached hydrogens (tertiary/aromatic N) is 2. The Bertz CT molecular complexity index is 825. The first-order valence-electron chi connectivity index (χ1n) is 9.03. The van der Waals surface area contributed by atoms with Gasteiger partial charge < -0.3 is 14.5 Å². The summed E-state index contributed by atoms with van der Waals surface area (Å²) in [6.07, 6.45) is 1.02. The van der Waals surface area contributed by atoms with Crippen LogP contribution in [0.15, 0.2) is 48.5 Å². The summed E-state index contributed by atoms with van der Waals surface area (Å²) in [4.78, 5) is 29.1. The van der Waals surface area contributed by atoms with Gasteiger partial charge in [0, 0.05) is 31.2 Å². The lowest BCUT2D eigenvalue weighted by Gasteiger charge is -2.23. The smallest absolute Gasteiger partial charge is 0.257 e. The zero-order valence-corrected chi connectivity index (χ0v) is 16.1. The van der Waals surface area contributed by atoms with E-state index in [1.54, 1.807) is 30.2 Å². The molecule has 0 spiro atoms. The maximum absolute atomic E-state index is 12.9. The molecule has 0 aromatic heterocycles. The fourth-order valence-electron chi connectivity index (χ4n) is 3.28. The molecule has 3 rings (SSSR count). The minimum atomic E-state index is -0.0622. The van der Waals surface area contributed by atoms with Crippen LogP contribution in [0.5, 0.6) is 5.75 Å². The molecule has 0 saturated carbocycles. The van der Waals surface area contributed by atoms with Crippen LogP contribution in [0.1, 0.15) is 22.3 Å². The van der Waals surface area contributed by atoms with Crippen LogP contribution in [0.2, 0.25) is 5.02 Å². The van der Waals surface area contributed by atoms with Gasteiger partial charge in [0.1, 0.15) is 5.75 Å². The first-order chi connectivity index (χ1) is 13.1. The van der Waals surface area contributed by atoms with E-state index in [1.807, 2.05) is 35.2 Å². The minimum absolute atomic E-state index is 0.0368. The second-order valence-electron chi connectivity index (χ2n) is 6.50.